The van der Waals surface area contributed by atoms with Crippen molar-refractivity contribution in [1.29, 1.82) is 0 Å². The van der Waals surface area contributed by atoms with Crippen LogP contribution < -0.4 is 0 Å². The van der Waals surface area contributed by atoms with E-state index in [1.54, 1.807) is 0 Å². The molecule has 6 aromatic carbocycles. The maximum Gasteiger partial charge on any atom is 0.147 e. The van der Waals surface area contributed by atoms with E-state index in [2.05, 4.69) is 156 Å². The van der Waals surface area contributed by atoms with Crippen LogP contribution in [0.4, 0.5) is 0 Å². The van der Waals surface area contributed by atoms with Gasteiger partial charge in [-0.15, -0.1) is 0 Å². The molecule has 0 atom stereocenters. The number of hydrogen-bond acceptors (Lipinski definition) is 3. The molecule has 4 heterocycles. The number of fused-ring (bicyclic) bond motifs is 12. The second-order valence-electron chi connectivity index (χ2n) is 13.2. The van der Waals surface area contributed by atoms with E-state index in [4.69, 9.17) is 15.0 Å². The number of pyridine rings is 3. The Balaban J connectivity index is 1.27. The second kappa shape index (κ2) is 10.2. The first kappa shape index (κ1) is 27.3. The van der Waals surface area contributed by atoms with Crippen molar-refractivity contribution in [1.82, 2.24) is 19.4 Å². The topological polar surface area (TPSA) is 43.1 Å². The minimum Gasteiger partial charge on any atom is -0.292 e. The van der Waals surface area contributed by atoms with Crippen LogP contribution in [0.25, 0.3) is 71.6 Å². The van der Waals surface area contributed by atoms with Crippen molar-refractivity contribution in [2.75, 3.05) is 0 Å². The lowest BCUT2D eigenvalue weighted by Gasteiger charge is -2.34. The van der Waals surface area contributed by atoms with Gasteiger partial charge in [0.05, 0.1) is 33.2 Å². The van der Waals surface area contributed by atoms with Gasteiger partial charge < -0.3 is 0 Å². The molecular weight excluding hydrogens is 609 g/mol. The molecule has 0 radical (unpaired) electrons. The van der Waals surface area contributed by atoms with Gasteiger partial charge in [0.25, 0.3) is 0 Å². The van der Waals surface area contributed by atoms with Crippen molar-refractivity contribution < 1.29 is 0 Å². The maximum atomic E-state index is 5.09. The predicted molar refractivity (Wildman–Crippen MR) is 204 cm³/mol. The number of hydrogen-bond donors (Lipinski definition) is 0. The minimum atomic E-state index is -0.588. The van der Waals surface area contributed by atoms with E-state index in [1.807, 2.05) is 18.5 Å². The monoisotopic (exact) mass is 636 g/mol. The van der Waals surface area contributed by atoms with Gasteiger partial charge in [-0.05, 0) is 87.3 Å². The molecule has 4 nitrogen and oxygen atoms in total. The summed E-state index contributed by atoms with van der Waals surface area (Å²) in [5, 5.41) is 4.47. The van der Waals surface area contributed by atoms with Crippen molar-refractivity contribution in [2.24, 2.45) is 0 Å². The van der Waals surface area contributed by atoms with Crippen LogP contribution >= 0.6 is 0 Å². The summed E-state index contributed by atoms with van der Waals surface area (Å²) in [5.74, 6) is 0. The Labute approximate surface area is 288 Å². The first-order valence-electron chi connectivity index (χ1n) is 17.0. The average Bonchev–Trinajstić information content (AvgIpc) is 3.73. The molecule has 0 saturated carbocycles. The van der Waals surface area contributed by atoms with Crippen LogP contribution in [-0.4, -0.2) is 19.4 Å². The fraction of sp³-hybridized carbons (Fsp3) is 0.0217. The second-order valence-corrected chi connectivity index (χ2v) is 13.2. The molecular formula is C46H28N4. The van der Waals surface area contributed by atoms with Gasteiger partial charge in [-0.25, -0.2) is 4.98 Å². The molecule has 50 heavy (non-hydrogen) atoms. The lowest BCUT2D eigenvalue weighted by Crippen LogP contribution is -2.28. The van der Waals surface area contributed by atoms with Crippen LogP contribution in [0.3, 0.4) is 0 Å². The number of para-hydroxylation sites is 2. The summed E-state index contributed by atoms with van der Waals surface area (Å²) in [6, 6.07) is 57.0. The minimum absolute atomic E-state index is 0.588. The molecule has 0 fully saturated rings. The van der Waals surface area contributed by atoms with Gasteiger partial charge in [0.15, 0.2) is 0 Å². The molecule has 0 unspecified atom stereocenters. The van der Waals surface area contributed by atoms with Gasteiger partial charge in [0.1, 0.15) is 5.65 Å². The Hall–Kier alpha value is -6.65. The van der Waals surface area contributed by atoms with E-state index < -0.39 is 5.41 Å². The molecule has 11 rings (SSSR count). The number of benzene rings is 6. The largest absolute Gasteiger partial charge is 0.292 e. The number of aromatic nitrogens is 4. The zero-order valence-corrected chi connectivity index (χ0v) is 27.0. The van der Waals surface area contributed by atoms with Gasteiger partial charge in [-0.2, -0.15) is 0 Å². The number of nitrogens with zero attached hydrogens (tertiary/aromatic N) is 4. The van der Waals surface area contributed by atoms with Gasteiger partial charge in [-0.3, -0.25) is 14.4 Å². The highest BCUT2D eigenvalue weighted by molar-refractivity contribution is 6.12. The van der Waals surface area contributed by atoms with E-state index in [0.29, 0.717) is 0 Å². The van der Waals surface area contributed by atoms with E-state index in [9.17, 15) is 0 Å². The summed E-state index contributed by atoms with van der Waals surface area (Å²) in [5.41, 5.74) is 14.0. The van der Waals surface area contributed by atoms with Gasteiger partial charge in [0.2, 0.25) is 0 Å². The highest BCUT2D eigenvalue weighted by atomic mass is 15.0. The molecule has 10 aromatic rings. The first-order chi connectivity index (χ1) is 24.8. The van der Waals surface area contributed by atoms with Crippen LogP contribution in [0, 0.1) is 0 Å². The molecule has 0 aliphatic heterocycles. The van der Waals surface area contributed by atoms with Gasteiger partial charge >= 0.3 is 0 Å². The fourth-order valence-electron chi connectivity index (χ4n) is 8.68. The number of imidazole rings is 1. The molecule has 0 bridgehead atoms. The third-order valence-corrected chi connectivity index (χ3v) is 10.7. The third kappa shape index (κ3) is 3.57. The molecule has 4 heteroatoms. The predicted octanol–water partition coefficient (Wildman–Crippen LogP) is 10.8. The van der Waals surface area contributed by atoms with Crippen molar-refractivity contribution in [2.45, 2.75) is 5.41 Å². The van der Waals surface area contributed by atoms with Crippen LogP contribution in [0.5, 0.6) is 0 Å². The molecule has 232 valence electrons. The highest BCUT2D eigenvalue weighted by Gasteiger charge is 2.46. The quantitative estimate of drug-likeness (QED) is 0.181. The Morgan fingerprint density at radius 1 is 0.480 bits per heavy atom. The van der Waals surface area contributed by atoms with Crippen LogP contribution in [0.2, 0.25) is 0 Å². The van der Waals surface area contributed by atoms with Crippen LogP contribution in [-0.2, 0) is 5.41 Å². The summed E-state index contributed by atoms with van der Waals surface area (Å²) >= 11 is 0. The van der Waals surface area contributed by atoms with E-state index in [-0.39, 0.29) is 0 Å². The van der Waals surface area contributed by atoms with E-state index >= 15 is 0 Å². The Morgan fingerprint density at radius 2 is 1.22 bits per heavy atom. The van der Waals surface area contributed by atoms with Crippen molar-refractivity contribution >= 4 is 49.3 Å². The summed E-state index contributed by atoms with van der Waals surface area (Å²) in [6.45, 7) is 0. The molecule has 0 amide bonds. The molecule has 0 spiro atoms. The van der Waals surface area contributed by atoms with Crippen molar-refractivity contribution in [3.05, 3.63) is 192 Å². The average molecular weight is 637 g/mol. The van der Waals surface area contributed by atoms with Crippen LogP contribution in [0.1, 0.15) is 22.3 Å². The first-order valence-corrected chi connectivity index (χ1v) is 17.0. The normalized spacial score (nSPS) is 13.4. The lowest BCUT2D eigenvalue weighted by atomic mass is 9.67. The summed E-state index contributed by atoms with van der Waals surface area (Å²) < 4.78 is 2.30. The fourth-order valence-corrected chi connectivity index (χ4v) is 8.68. The number of rotatable bonds is 3. The molecule has 0 saturated heterocycles. The Morgan fingerprint density at radius 3 is 2.10 bits per heavy atom. The highest BCUT2D eigenvalue weighted by Crippen LogP contribution is 2.56. The van der Waals surface area contributed by atoms with Crippen LogP contribution in [0.15, 0.2) is 170 Å². The zero-order chi connectivity index (χ0) is 32.8. The summed E-state index contributed by atoms with van der Waals surface area (Å²) in [7, 11) is 0. The molecule has 1 aliphatic carbocycles. The van der Waals surface area contributed by atoms with Gasteiger partial charge in [-0.1, -0.05) is 109 Å². The lowest BCUT2D eigenvalue weighted by molar-refractivity contribution is 0.770. The van der Waals surface area contributed by atoms with E-state index in [0.717, 1.165) is 55.1 Å². The SMILES string of the molecule is c1cc(-c2nccc3ccccc23)cc(C2(c3ccc4c(c3)c3ncccc3c3nc5ccccc5n43)c3ccccc3-c3ccccc32)c1. The Bertz CT molecular complexity index is 2960. The maximum absolute atomic E-state index is 5.09. The molecule has 0 N–H and O–H groups in total. The molecule has 4 aromatic heterocycles. The standard InChI is InChI=1S/C46H28N4/c1-2-14-33-29(11-1)24-26-48-43(33)30-12-9-13-31(27-30)46(38-18-5-3-15-34(38)35-16-4-6-19-39(35)46)32-22-23-41-37(28-32)44-36(17-10-25-47-44)45-49-40-20-7-8-21-42(40)50(41)45/h1-28H. The third-order valence-electron chi connectivity index (χ3n) is 10.7. The van der Waals surface area contributed by atoms with Crippen molar-refractivity contribution in [3.63, 3.8) is 0 Å². The summed E-state index contributed by atoms with van der Waals surface area (Å²) in [6.07, 6.45) is 3.81. The summed E-state index contributed by atoms with van der Waals surface area (Å²) in [4.78, 5) is 15.0. The van der Waals surface area contributed by atoms with E-state index in [1.165, 1.54) is 38.8 Å². The molecule has 1 aliphatic rings. The zero-order valence-electron chi connectivity index (χ0n) is 27.0. The smallest absolute Gasteiger partial charge is 0.147 e. The Kier molecular flexibility index (Phi) is 5.56. The van der Waals surface area contributed by atoms with Gasteiger partial charge in [0, 0.05) is 34.1 Å². The van der Waals surface area contributed by atoms with Crippen molar-refractivity contribution in [3.8, 4) is 22.4 Å².